The lowest BCUT2D eigenvalue weighted by atomic mass is 9.91. The molecule has 17 heavy (non-hydrogen) atoms. The zero-order chi connectivity index (χ0) is 12.5. The Morgan fingerprint density at radius 3 is 2.82 bits per heavy atom. The number of benzene rings is 1. The van der Waals surface area contributed by atoms with Crippen LogP contribution < -0.4 is 0 Å². The number of hydrogen-bond acceptors (Lipinski definition) is 3. The summed E-state index contributed by atoms with van der Waals surface area (Å²) in [5.74, 6) is 0. The summed E-state index contributed by atoms with van der Waals surface area (Å²) in [6, 6.07) is 7.34. The second-order valence-corrected chi connectivity index (χ2v) is 6.87. The highest BCUT2D eigenvalue weighted by atomic mass is 31.2. The van der Waals surface area contributed by atoms with Gasteiger partial charge in [-0.1, -0.05) is 24.3 Å². The summed E-state index contributed by atoms with van der Waals surface area (Å²) >= 11 is 0. The maximum Gasteiger partial charge on any atom is 0.703 e. The standard InChI is InChI=1S/C10H12O5P2/c11-16(12)15-17(13,14)10-7-3-5-8-4-1-2-6-9(8)10/h1-2,4,6,10H,3,5,7H2,(H-,11,12,13,14)/p+1. The lowest BCUT2D eigenvalue weighted by Gasteiger charge is -2.25. The molecule has 0 fully saturated rings. The summed E-state index contributed by atoms with van der Waals surface area (Å²) in [6.45, 7) is 0. The highest BCUT2D eigenvalue weighted by Crippen LogP contribution is 2.64. The zero-order valence-corrected chi connectivity index (χ0v) is 10.8. The molecule has 1 aromatic rings. The van der Waals surface area contributed by atoms with Gasteiger partial charge in [-0.2, -0.15) is 0 Å². The van der Waals surface area contributed by atoms with Gasteiger partial charge in [0.25, 0.3) is 0 Å². The third kappa shape index (κ3) is 2.82. The van der Waals surface area contributed by atoms with Crippen molar-refractivity contribution in [3.63, 3.8) is 0 Å². The van der Waals surface area contributed by atoms with Crippen LogP contribution in [0, 0.1) is 0 Å². The third-order valence-electron chi connectivity index (χ3n) is 2.92. The summed E-state index contributed by atoms with van der Waals surface area (Å²) in [5, 5.41) is 0. The van der Waals surface area contributed by atoms with E-state index in [-0.39, 0.29) is 0 Å². The molecule has 0 saturated carbocycles. The molecule has 0 heterocycles. The fourth-order valence-electron chi connectivity index (χ4n) is 2.22. The molecule has 0 aromatic heterocycles. The Labute approximate surface area is 99.9 Å². The van der Waals surface area contributed by atoms with Crippen LogP contribution in [0.5, 0.6) is 0 Å². The van der Waals surface area contributed by atoms with Crippen LogP contribution >= 0.6 is 15.9 Å². The Kier molecular flexibility index (Phi) is 3.76. The third-order valence-corrected chi connectivity index (χ3v) is 5.74. The molecule has 3 atom stereocenters. The van der Waals surface area contributed by atoms with Gasteiger partial charge in [-0.15, -0.1) is 4.89 Å². The Balaban J connectivity index is 2.35. The Morgan fingerprint density at radius 2 is 2.12 bits per heavy atom. The maximum atomic E-state index is 11.9. The summed E-state index contributed by atoms with van der Waals surface area (Å²) in [7, 11) is -7.16. The minimum absolute atomic E-state index is 0.494. The number of fused-ring (bicyclic) bond motifs is 1. The molecule has 0 saturated heterocycles. The van der Waals surface area contributed by atoms with Crippen LogP contribution in [0.1, 0.15) is 29.6 Å². The van der Waals surface area contributed by atoms with E-state index in [9.17, 15) is 14.0 Å². The SMILES string of the molecule is O=[P+](O)OP(=O)(O)C1CCCc2ccccc21. The van der Waals surface area contributed by atoms with Crippen LogP contribution in [0.15, 0.2) is 24.3 Å². The quantitative estimate of drug-likeness (QED) is 0.828. The molecule has 5 nitrogen and oxygen atoms in total. The number of hydrogen-bond donors (Lipinski definition) is 2. The fourth-order valence-corrected chi connectivity index (χ4v) is 4.59. The van der Waals surface area contributed by atoms with Gasteiger partial charge in [-0.05, 0) is 34.7 Å². The van der Waals surface area contributed by atoms with Gasteiger partial charge >= 0.3 is 15.9 Å². The highest BCUT2D eigenvalue weighted by Gasteiger charge is 2.43. The smallest absolute Gasteiger partial charge is 0.321 e. The van der Waals surface area contributed by atoms with E-state index < -0.39 is 21.5 Å². The van der Waals surface area contributed by atoms with Crippen molar-refractivity contribution in [3.05, 3.63) is 35.4 Å². The van der Waals surface area contributed by atoms with E-state index in [1.54, 1.807) is 12.1 Å². The van der Waals surface area contributed by atoms with E-state index in [1.807, 2.05) is 12.1 Å². The molecule has 0 aliphatic heterocycles. The first kappa shape index (κ1) is 12.9. The molecule has 0 radical (unpaired) electrons. The molecule has 0 amide bonds. The molecule has 1 aliphatic carbocycles. The van der Waals surface area contributed by atoms with Crippen molar-refractivity contribution in [1.29, 1.82) is 0 Å². The van der Waals surface area contributed by atoms with E-state index in [2.05, 4.69) is 4.31 Å². The molecule has 2 rings (SSSR count). The van der Waals surface area contributed by atoms with Gasteiger partial charge in [-0.3, -0.25) is 4.57 Å². The van der Waals surface area contributed by atoms with Gasteiger partial charge in [0, 0.05) is 4.57 Å². The van der Waals surface area contributed by atoms with Gasteiger partial charge in [0.1, 0.15) is 0 Å². The van der Waals surface area contributed by atoms with Crippen molar-refractivity contribution >= 4 is 15.9 Å². The maximum absolute atomic E-state index is 11.9. The predicted molar refractivity (Wildman–Crippen MR) is 62.9 cm³/mol. The second-order valence-electron chi connectivity index (χ2n) is 3.99. The molecular formula is C10H13O5P2+. The zero-order valence-electron chi connectivity index (χ0n) is 9.02. The van der Waals surface area contributed by atoms with E-state index in [0.29, 0.717) is 6.42 Å². The minimum atomic E-state index is -4.09. The molecular weight excluding hydrogens is 262 g/mol. The van der Waals surface area contributed by atoms with Crippen LogP contribution in [0.2, 0.25) is 0 Å². The van der Waals surface area contributed by atoms with E-state index in [1.165, 1.54) is 0 Å². The molecule has 0 bridgehead atoms. The van der Waals surface area contributed by atoms with Gasteiger partial charge < -0.3 is 4.89 Å². The minimum Gasteiger partial charge on any atom is -0.321 e. The van der Waals surface area contributed by atoms with Crippen molar-refractivity contribution < 1.29 is 23.2 Å². The van der Waals surface area contributed by atoms with Crippen LogP contribution in [0.4, 0.5) is 0 Å². The normalized spacial score (nSPS) is 23.6. The predicted octanol–water partition coefficient (Wildman–Crippen LogP) is 2.92. The molecule has 1 aliphatic rings. The number of aryl methyl sites for hydroxylation is 1. The van der Waals surface area contributed by atoms with Crippen molar-refractivity contribution in [2.24, 2.45) is 0 Å². The van der Waals surface area contributed by atoms with Gasteiger partial charge in [-0.25, -0.2) is 0 Å². The Morgan fingerprint density at radius 1 is 1.41 bits per heavy atom. The lowest BCUT2D eigenvalue weighted by Crippen LogP contribution is -2.10. The van der Waals surface area contributed by atoms with E-state index >= 15 is 0 Å². The van der Waals surface area contributed by atoms with Crippen molar-refractivity contribution in [1.82, 2.24) is 0 Å². The van der Waals surface area contributed by atoms with Crippen molar-refractivity contribution in [2.75, 3.05) is 0 Å². The van der Waals surface area contributed by atoms with Crippen LogP contribution in [-0.4, -0.2) is 9.79 Å². The Bertz CT molecular complexity index is 487. The first-order chi connectivity index (χ1) is 8.00. The summed E-state index contributed by atoms with van der Waals surface area (Å²) in [4.78, 5) is 18.4. The van der Waals surface area contributed by atoms with Crippen molar-refractivity contribution in [2.45, 2.75) is 24.9 Å². The summed E-state index contributed by atoms with van der Waals surface area (Å²) in [6.07, 6.45) is 2.13. The van der Waals surface area contributed by atoms with Crippen LogP contribution in [0.3, 0.4) is 0 Å². The van der Waals surface area contributed by atoms with Crippen LogP contribution in [-0.2, 0) is 19.9 Å². The average molecular weight is 275 g/mol. The molecule has 7 heteroatoms. The average Bonchev–Trinajstić information content (AvgIpc) is 2.26. The first-order valence-corrected chi connectivity index (χ1v) is 8.04. The largest absolute Gasteiger partial charge is 0.703 e. The van der Waals surface area contributed by atoms with Crippen molar-refractivity contribution in [3.8, 4) is 0 Å². The fraction of sp³-hybridized carbons (Fsp3) is 0.400. The topological polar surface area (TPSA) is 83.8 Å². The van der Waals surface area contributed by atoms with Gasteiger partial charge in [0.2, 0.25) is 0 Å². The molecule has 0 spiro atoms. The summed E-state index contributed by atoms with van der Waals surface area (Å²) in [5.41, 5.74) is 1.06. The Hall–Kier alpha value is -0.570. The molecule has 1 aromatic carbocycles. The van der Waals surface area contributed by atoms with E-state index in [4.69, 9.17) is 4.89 Å². The first-order valence-electron chi connectivity index (χ1n) is 5.27. The summed E-state index contributed by atoms with van der Waals surface area (Å²) < 4.78 is 26.8. The highest BCUT2D eigenvalue weighted by molar-refractivity contribution is 7.60. The molecule has 3 unspecified atom stereocenters. The monoisotopic (exact) mass is 275 g/mol. The van der Waals surface area contributed by atoms with Gasteiger partial charge in [0.15, 0.2) is 0 Å². The number of rotatable bonds is 3. The molecule has 2 N–H and O–H groups in total. The van der Waals surface area contributed by atoms with Gasteiger partial charge in [0.05, 0.1) is 5.66 Å². The van der Waals surface area contributed by atoms with Crippen LogP contribution in [0.25, 0.3) is 0 Å². The lowest BCUT2D eigenvalue weighted by molar-refractivity contribution is 0.335. The molecule has 92 valence electrons. The second kappa shape index (κ2) is 4.97. The van der Waals surface area contributed by atoms with E-state index in [0.717, 1.165) is 24.0 Å².